The van der Waals surface area contributed by atoms with Gasteiger partial charge in [0.1, 0.15) is 6.04 Å². The van der Waals surface area contributed by atoms with Crippen molar-refractivity contribution in [3.05, 3.63) is 0 Å². The summed E-state index contributed by atoms with van der Waals surface area (Å²) in [6, 6.07) is -1.45. The fourth-order valence-corrected chi connectivity index (χ4v) is 1.97. The number of carbonyl (C=O) groups excluding carboxylic acids is 2. The van der Waals surface area contributed by atoms with Gasteiger partial charge < -0.3 is 20.2 Å². The molecule has 0 radical (unpaired) electrons. The van der Waals surface area contributed by atoms with Crippen LogP contribution in [0.5, 0.6) is 0 Å². The number of hydrogen-bond donors (Lipinski definition) is 2. The Morgan fingerprint density at radius 2 is 1.60 bits per heavy atom. The van der Waals surface area contributed by atoms with E-state index in [-0.39, 0.29) is 11.8 Å². The number of amides is 2. The number of carboxylic acids is 1. The van der Waals surface area contributed by atoms with Crippen molar-refractivity contribution in [2.45, 2.75) is 32.4 Å². The Bertz CT molecular complexity index is 369. The number of rotatable bonds is 7. The second-order valence-electron chi connectivity index (χ2n) is 5.31. The van der Waals surface area contributed by atoms with E-state index in [4.69, 9.17) is 5.11 Å². The molecule has 0 fully saturated rings. The molecule has 0 aromatic carbocycles. The first kappa shape index (κ1) is 18.4. The van der Waals surface area contributed by atoms with Crippen LogP contribution in [0.25, 0.3) is 0 Å². The van der Waals surface area contributed by atoms with Crippen molar-refractivity contribution < 1.29 is 19.5 Å². The van der Waals surface area contributed by atoms with E-state index in [2.05, 4.69) is 5.32 Å². The fraction of sp³-hybridized carbons (Fsp3) is 0.769. The Kier molecular flexibility index (Phi) is 7.20. The quantitative estimate of drug-likeness (QED) is 0.666. The number of aliphatic carboxylic acids is 1. The van der Waals surface area contributed by atoms with Gasteiger partial charge in [-0.15, -0.1) is 0 Å². The number of likely N-dealkylation sites (N-methyl/N-ethyl adjacent to an activating group) is 3. The minimum atomic E-state index is -1.12. The number of carboxylic acid groups (broad SMARTS) is 1. The molecule has 0 unspecified atom stereocenters. The Hall–Kier alpha value is -1.63. The summed E-state index contributed by atoms with van der Waals surface area (Å²) in [5.74, 6) is -1.77. The summed E-state index contributed by atoms with van der Waals surface area (Å²) in [5, 5.41) is 11.8. The van der Waals surface area contributed by atoms with E-state index in [1.54, 1.807) is 7.05 Å². The number of carbonyl (C=O) groups is 3. The summed E-state index contributed by atoms with van der Waals surface area (Å²) in [4.78, 5) is 37.8. The molecule has 0 aliphatic rings. The largest absolute Gasteiger partial charge is 0.481 e. The first-order valence-electron chi connectivity index (χ1n) is 6.50. The normalized spacial score (nSPS) is 13.8. The van der Waals surface area contributed by atoms with Gasteiger partial charge in [0.25, 0.3) is 0 Å². The third-order valence-corrected chi connectivity index (χ3v) is 3.15. The average Bonchev–Trinajstić information content (AvgIpc) is 2.34. The zero-order valence-electron chi connectivity index (χ0n) is 13.0. The molecule has 0 aliphatic heterocycles. The van der Waals surface area contributed by atoms with Gasteiger partial charge in [0.2, 0.25) is 11.8 Å². The molecule has 0 bridgehead atoms. The lowest BCUT2D eigenvalue weighted by Gasteiger charge is -2.32. The lowest BCUT2D eigenvalue weighted by atomic mass is 10.0. The fourth-order valence-electron chi connectivity index (χ4n) is 1.97. The van der Waals surface area contributed by atoms with Crippen LogP contribution in [0.2, 0.25) is 0 Å². The van der Waals surface area contributed by atoms with E-state index >= 15 is 0 Å². The van der Waals surface area contributed by atoms with E-state index in [1.165, 1.54) is 30.9 Å². The van der Waals surface area contributed by atoms with Gasteiger partial charge in [0.05, 0.1) is 12.5 Å². The van der Waals surface area contributed by atoms with Crippen molar-refractivity contribution in [1.29, 1.82) is 0 Å². The molecule has 0 aromatic rings. The summed E-state index contributed by atoms with van der Waals surface area (Å²) < 4.78 is 0. The second kappa shape index (κ2) is 7.84. The smallest absolute Gasteiger partial charge is 0.305 e. The molecule has 0 saturated carbocycles. The molecule has 0 aromatic heterocycles. The molecule has 7 nitrogen and oxygen atoms in total. The molecule has 0 saturated heterocycles. The molecule has 116 valence electrons. The average molecular weight is 287 g/mol. The highest BCUT2D eigenvalue weighted by Gasteiger charge is 2.34. The van der Waals surface area contributed by atoms with E-state index in [0.717, 1.165) is 0 Å². The van der Waals surface area contributed by atoms with Crippen molar-refractivity contribution >= 4 is 17.8 Å². The Morgan fingerprint density at radius 1 is 1.10 bits per heavy atom. The SMILES string of the molecule is CN[C@H](C(=O)N(C)[C@@H](CC(=O)O)C(=O)N(C)C)C(C)C. The third kappa shape index (κ3) is 4.80. The molecule has 7 heteroatoms. The number of nitrogens with one attached hydrogen (secondary N) is 1. The maximum absolute atomic E-state index is 12.4. The highest BCUT2D eigenvalue weighted by molar-refractivity contribution is 5.92. The van der Waals surface area contributed by atoms with Crippen LogP contribution in [0.3, 0.4) is 0 Å². The molecule has 0 aliphatic carbocycles. The van der Waals surface area contributed by atoms with Gasteiger partial charge in [-0.1, -0.05) is 13.8 Å². The first-order chi connectivity index (χ1) is 9.13. The molecule has 0 rings (SSSR count). The summed E-state index contributed by atoms with van der Waals surface area (Å²) >= 11 is 0. The van der Waals surface area contributed by atoms with Crippen LogP contribution in [0.1, 0.15) is 20.3 Å². The van der Waals surface area contributed by atoms with Crippen LogP contribution in [0, 0.1) is 5.92 Å². The van der Waals surface area contributed by atoms with Crippen LogP contribution < -0.4 is 5.32 Å². The van der Waals surface area contributed by atoms with E-state index in [1.807, 2.05) is 13.8 Å². The van der Waals surface area contributed by atoms with Crippen molar-refractivity contribution in [3.63, 3.8) is 0 Å². The van der Waals surface area contributed by atoms with Crippen LogP contribution in [0.4, 0.5) is 0 Å². The zero-order chi connectivity index (χ0) is 16.0. The molecule has 2 amide bonds. The van der Waals surface area contributed by atoms with Crippen molar-refractivity contribution in [3.8, 4) is 0 Å². The van der Waals surface area contributed by atoms with Gasteiger partial charge >= 0.3 is 5.97 Å². The maximum atomic E-state index is 12.4. The lowest BCUT2D eigenvalue weighted by molar-refractivity contribution is -0.149. The summed E-state index contributed by atoms with van der Waals surface area (Å²) in [5.41, 5.74) is 0. The molecular weight excluding hydrogens is 262 g/mol. The Labute approximate surface area is 119 Å². The van der Waals surface area contributed by atoms with Gasteiger partial charge in [-0.25, -0.2) is 0 Å². The second-order valence-corrected chi connectivity index (χ2v) is 5.31. The molecule has 0 spiro atoms. The topological polar surface area (TPSA) is 90.0 Å². The summed E-state index contributed by atoms with van der Waals surface area (Å²) in [6.45, 7) is 3.76. The number of hydrogen-bond acceptors (Lipinski definition) is 4. The van der Waals surface area contributed by atoms with Gasteiger partial charge in [0, 0.05) is 21.1 Å². The summed E-state index contributed by atoms with van der Waals surface area (Å²) in [7, 11) is 6.20. The molecule has 20 heavy (non-hydrogen) atoms. The monoisotopic (exact) mass is 287 g/mol. The van der Waals surface area contributed by atoms with Crippen LogP contribution in [-0.2, 0) is 14.4 Å². The Balaban J connectivity index is 5.21. The van der Waals surface area contributed by atoms with E-state index < -0.39 is 30.4 Å². The maximum Gasteiger partial charge on any atom is 0.305 e. The standard InChI is InChI=1S/C13H25N3O4/c1-8(2)11(14-3)13(20)16(6)9(7-10(17)18)12(19)15(4)5/h8-9,11,14H,7H2,1-6H3,(H,17,18)/t9-,11-/m0/s1. The first-order valence-corrected chi connectivity index (χ1v) is 6.50. The van der Waals surface area contributed by atoms with Gasteiger partial charge in [0.15, 0.2) is 0 Å². The lowest BCUT2D eigenvalue weighted by Crippen LogP contribution is -2.54. The van der Waals surface area contributed by atoms with Gasteiger partial charge in [-0.05, 0) is 13.0 Å². The molecule has 2 atom stereocenters. The van der Waals surface area contributed by atoms with Crippen molar-refractivity contribution in [2.75, 3.05) is 28.2 Å². The zero-order valence-corrected chi connectivity index (χ0v) is 13.0. The predicted molar refractivity (Wildman–Crippen MR) is 75.2 cm³/mol. The van der Waals surface area contributed by atoms with Crippen molar-refractivity contribution in [1.82, 2.24) is 15.1 Å². The van der Waals surface area contributed by atoms with Gasteiger partial charge in [-0.3, -0.25) is 14.4 Å². The van der Waals surface area contributed by atoms with E-state index in [0.29, 0.717) is 0 Å². The third-order valence-electron chi connectivity index (χ3n) is 3.15. The number of nitrogens with zero attached hydrogens (tertiary/aromatic N) is 2. The highest BCUT2D eigenvalue weighted by Crippen LogP contribution is 2.11. The minimum Gasteiger partial charge on any atom is -0.481 e. The molecular formula is C13H25N3O4. The molecule has 0 heterocycles. The predicted octanol–water partition coefficient (Wildman–Crippen LogP) is -0.380. The van der Waals surface area contributed by atoms with Crippen molar-refractivity contribution in [2.24, 2.45) is 5.92 Å². The van der Waals surface area contributed by atoms with Crippen LogP contribution in [0.15, 0.2) is 0 Å². The minimum absolute atomic E-state index is 0.0369. The molecule has 2 N–H and O–H groups in total. The van der Waals surface area contributed by atoms with Gasteiger partial charge in [-0.2, -0.15) is 0 Å². The highest BCUT2D eigenvalue weighted by atomic mass is 16.4. The Morgan fingerprint density at radius 3 is 1.90 bits per heavy atom. The summed E-state index contributed by atoms with van der Waals surface area (Å²) in [6.07, 6.45) is -0.409. The van der Waals surface area contributed by atoms with E-state index in [9.17, 15) is 14.4 Å². The van der Waals surface area contributed by atoms with Crippen LogP contribution >= 0.6 is 0 Å². The van der Waals surface area contributed by atoms with Crippen LogP contribution in [-0.4, -0.2) is 73.0 Å².